The molecule has 4 nitrogen and oxygen atoms in total. The van der Waals surface area contributed by atoms with Gasteiger partial charge in [0.2, 0.25) is 0 Å². The van der Waals surface area contributed by atoms with Crippen LogP contribution in [0.25, 0.3) is 10.9 Å². The van der Waals surface area contributed by atoms with Gasteiger partial charge in [-0.1, -0.05) is 0 Å². The van der Waals surface area contributed by atoms with Crippen LogP contribution >= 0.6 is 0 Å². The molecule has 154 valence electrons. The van der Waals surface area contributed by atoms with Gasteiger partial charge in [0.15, 0.2) is 0 Å². The minimum absolute atomic E-state index is 0.0191. The first-order chi connectivity index (χ1) is 15.2. The van der Waals surface area contributed by atoms with E-state index in [0.717, 1.165) is 34.9 Å². The van der Waals surface area contributed by atoms with Crippen molar-refractivity contribution in [2.75, 3.05) is 0 Å². The molecule has 0 amide bonds. The zero-order valence-electron chi connectivity index (χ0n) is 16.9. The van der Waals surface area contributed by atoms with E-state index in [-0.39, 0.29) is 32.2 Å². The van der Waals surface area contributed by atoms with Gasteiger partial charge in [-0.15, -0.1) is 0 Å². The summed E-state index contributed by atoms with van der Waals surface area (Å²) in [5.41, 5.74) is 3.13. The number of ether oxygens (including phenoxy) is 1. The molecule has 4 aromatic rings. The van der Waals surface area contributed by atoms with Crippen LogP contribution in [0, 0.1) is 0 Å². The Balaban J connectivity index is 1.50. The van der Waals surface area contributed by atoms with E-state index < -0.39 is 6.09 Å². The molecule has 0 saturated carbocycles. The minimum atomic E-state index is -0.498. The van der Waals surface area contributed by atoms with E-state index in [1.165, 1.54) is 9.03 Å². The summed E-state index contributed by atoms with van der Waals surface area (Å²) >= 11 is 0.0191. The number of fused-ring (bicyclic) bond motifs is 3. The van der Waals surface area contributed by atoms with Gasteiger partial charge in [-0.2, -0.15) is 0 Å². The summed E-state index contributed by atoms with van der Waals surface area (Å²) < 4.78 is 8.33. The third-order valence-electron chi connectivity index (χ3n) is 5.57. The number of nitrogens with zero attached hydrogens (tertiary/aromatic N) is 1. The quantitative estimate of drug-likeness (QED) is 0.401. The fourth-order valence-electron chi connectivity index (χ4n) is 4.13. The van der Waals surface area contributed by atoms with Gasteiger partial charge in [0, 0.05) is 0 Å². The van der Waals surface area contributed by atoms with E-state index in [9.17, 15) is 9.59 Å². The zero-order valence-corrected chi connectivity index (χ0v) is 18.6. The SMILES string of the molecule is O=C1c2c(c3ccccc3n2C(=O)OCc2ccccc2)CCC1[Se]c1ccccc1. The van der Waals surface area contributed by atoms with Crippen molar-refractivity contribution in [1.82, 2.24) is 4.57 Å². The molecule has 1 heterocycles. The van der Waals surface area contributed by atoms with E-state index in [4.69, 9.17) is 4.74 Å². The van der Waals surface area contributed by atoms with E-state index in [1.54, 1.807) is 0 Å². The third-order valence-corrected chi connectivity index (χ3v) is 8.25. The van der Waals surface area contributed by atoms with E-state index >= 15 is 0 Å². The van der Waals surface area contributed by atoms with Crippen molar-refractivity contribution in [2.24, 2.45) is 0 Å². The van der Waals surface area contributed by atoms with Crippen molar-refractivity contribution in [1.29, 1.82) is 0 Å². The maximum absolute atomic E-state index is 13.6. The van der Waals surface area contributed by atoms with Crippen LogP contribution in [0.4, 0.5) is 4.79 Å². The Morgan fingerprint density at radius 3 is 2.39 bits per heavy atom. The van der Waals surface area contributed by atoms with Crippen LogP contribution in [-0.4, -0.2) is 31.4 Å². The number of para-hydroxylation sites is 1. The summed E-state index contributed by atoms with van der Waals surface area (Å²) in [5, 5.41) is 0.966. The number of ketones is 1. The molecule has 0 aliphatic heterocycles. The van der Waals surface area contributed by atoms with Gasteiger partial charge in [-0.25, -0.2) is 0 Å². The summed E-state index contributed by atoms with van der Waals surface area (Å²) in [7, 11) is 0. The van der Waals surface area contributed by atoms with Crippen LogP contribution in [0.3, 0.4) is 0 Å². The molecule has 1 aliphatic carbocycles. The molecule has 5 heteroatoms. The molecule has 1 aromatic heterocycles. The Labute approximate surface area is 187 Å². The second-order valence-corrected chi connectivity index (χ2v) is 10.2. The molecule has 0 fully saturated rings. The fourth-order valence-corrected chi connectivity index (χ4v) is 6.43. The summed E-state index contributed by atoms with van der Waals surface area (Å²) in [6.45, 7) is 0.173. The zero-order chi connectivity index (χ0) is 21.2. The first kappa shape index (κ1) is 19.8. The second-order valence-electron chi connectivity index (χ2n) is 7.54. The first-order valence-corrected chi connectivity index (χ1v) is 12.2. The molecule has 0 saturated heterocycles. The first-order valence-electron chi connectivity index (χ1n) is 10.3. The molecule has 0 bridgehead atoms. The molecule has 3 aromatic carbocycles. The average molecular weight is 474 g/mol. The van der Waals surface area contributed by atoms with Crippen LogP contribution in [-0.2, 0) is 17.8 Å². The number of carbonyl (C=O) groups is 2. The number of aryl methyl sites for hydroxylation is 1. The molecule has 0 radical (unpaired) electrons. The van der Waals surface area contributed by atoms with Gasteiger partial charge < -0.3 is 0 Å². The van der Waals surface area contributed by atoms with Gasteiger partial charge in [0.05, 0.1) is 0 Å². The van der Waals surface area contributed by atoms with Gasteiger partial charge in [-0.3, -0.25) is 0 Å². The van der Waals surface area contributed by atoms with Gasteiger partial charge in [-0.05, 0) is 0 Å². The van der Waals surface area contributed by atoms with Crippen LogP contribution in [0.2, 0.25) is 4.82 Å². The van der Waals surface area contributed by atoms with Crippen LogP contribution < -0.4 is 4.46 Å². The van der Waals surface area contributed by atoms with Crippen molar-refractivity contribution < 1.29 is 14.3 Å². The Morgan fingerprint density at radius 1 is 0.935 bits per heavy atom. The number of rotatable bonds is 4. The van der Waals surface area contributed by atoms with Gasteiger partial charge in [0.1, 0.15) is 0 Å². The Hall–Kier alpha value is -3.14. The number of carbonyl (C=O) groups excluding carboxylic acids is 2. The summed E-state index contributed by atoms with van der Waals surface area (Å²) in [5.74, 6) is 0.0537. The monoisotopic (exact) mass is 475 g/mol. The number of aromatic nitrogens is 1. The third kappa shape index (κ3) is 3.83. The Kier molecular flexibility index (Phi) is 5.46. The van der Waals surface area contributed by atoms with E-state index in [1.807, 2.05) is 72.8 Å². The summed E-state index contributed by atoms with van der Waals surface area (Å²) in [6, 6.07) is 27.5. The molecule has 0 N–H and O–H groups in total. The molecular formula is C26H21NO3Se. The average Bonchev–Trinajstić information content (AvgIpc) is 3.16. The Morgan fingerprint density at radius 2 is 1.61 bits per heavy atom. The molecular weight excluding hydrogens is 453 g/mol. The molecule has 5 rings (SSSR count). The van der Waals surface area contributed by atoms with Crippen molar-refractivity contribution in [2.45, 2.75) is 24.3 Å². The molecule has 1 aliphatic rings. The fraction of sp³-hybridized carbons (Fsp3) is 0.154. The topological polar surface area (TPSA) is 48.3 Å². The number of hydrogen-bond donors (Lipinski definition) is 0. The number of hydrogen-bond acceptors (Lipinski definition) is 3. The number of benzene rings is 3. The summed E-state index contributed by atoms with van der Waals surface area (Å²) in [6.07, 6.45) is 1.11. The van der Waals surface area contributed by atoms with E-state index in [0.29, 0.717) is 5.69 Å². The Bertz CT molecular complexity index is 1250. The van der Waals surface area contributed by atoms with Crippen LogP contribution in [0.5, 0.6) is 0 Å². The predicted molar refractivity (Wildman–Crippen MR) is 122 cm³/mol. The predicted octanol–water partition coefficient (Wildman–Crippen LogP) is 4.77. The molecule has 1 unspecified atom stereocenters. The van der Waals surface area contributed by atoms with E-state index in [2.05, 4.69) is 12.1 Å². The van der Waals surface area contributed by atoms with Gasteiger partial charge in [0.25, 0.3) is 0 Å². The molecule has 1 atom stereocenters. The van der Waals surface area contributed by atoms with Crippen molar-refractivity contribution >= 4 is 42.2 Å². The van der Waals surface area contributed by atoms with Crippen molar-refractivity contribution in [3.05, 3.63) is 102 Å². The normalized spacial score (nSPS) is 15.6. The summed E-state index contributed by atoms with van der Waals surface area (Å²) in [4.78, 5) is 26.7. The molecule has 31 heavy (non-hydrogen) atoms. The van der Waals surface area contributed by atoms with Crippen molar-refractivity contribution in [3.63, 3.8) is 0 Å². The molecule has 0 spiro atoms. The van der Waals surface area contributed by atoms with Crippen molar-refractivity contribution in [3.8, 4) is 0 Å². The second kappa shape index (κ2) is 8.54. The standard InChI is InChI=1S/C26H21NO3Se/c28-25-23(31-19-11-5-2-6-12-19)16-15-21-20-13-7-8-14-22(20)27(24(21)25)26(29)30-17-18-9-3-1-4-10-18/h1-14,23H,15-17H2. The number of Topliss-reactive ketones (excluding diaryl/α,β-unsaturated/α-hetero) is 1. The van der Waals surface area contributed by atoms with Gasteiger partial charge >= 0.3 is 187 Å². The van der Waals surface area contributed by atoms with Crippen LogP contribution in [0.15, 0.2) is 84.9 Å². The maximum atomic E-state index is 13.6. The van der Waals surface area contributed by atoms with Crippen LogP contribution in [0.1, 0.15) is 28.0 Å².